The van der Waals surface area contributed by atoms with Crippen molar-refractivity contribution in [1.29, 1.82) is 5.26 Å². The summed E-state index contributed by atoms with van der Waals surface area (Å²) < 4.78 is 15.9. The van der Waals surface area contributed by atoms with Gasteiger partial charge in [0, 0.05) is 6.07 Å². The van der Waals surface area contributed by atoms with Gasteiger partial charge in [0.2, 0.25) is 0 Å². The second kappa shape index (κ2) is 4.03. The van der Waals surface area contributed by atoms with Crippen molar-refractivity contribution in [1.82, 2.24) is 0 Å². The van der Waals surface area contributed by atoms with Crippen LogP contribution in [0.1, 0.15) is 12.5 Å². The second-order valence-electron chi connectivity index (χ2n) is 4.04. The zero-order chi connectivity index (χ0) is 11.6. The lowest BCUT2D eigenvalue weighted by Crippen LogP contribution is -2.16. The number of epoxide rings is 1. The minimum absolute atomic E-state index is 0.157. The van der Waals surface area contributed by atoms with Gasteiger partial charge in [-0.3, -0.25) is 0 Å². The van der Waals surface area contributed by atoms with Gasteiger partial charge >= 0.3 is 0 Å². The third kappa shape index (κ3) is 2.44. The third-order valence-electron chi connectivity index (χ3n) is 2.43. The molecule has 1 fully saturated rings. The summed E-state index contributed by atoms with van der Waals surface area (Å²) in [6.45, 7) is 3.20. The van der Waals surface area contributed by atoms with E-state index in [1.807, 2.05) is 6.92 Å². The van der Waals surface area contributed by atoms with Crippen molar-refractivity contribution in [2.45, 2.75) is 12.5 Å². The molecule has 0 bridgehead atoms. The maximum atomic E-state index is 8.84. The van der Waals surface area contributed by atoms with Crippen LogP contribution >= 0.6 is 0 Å². The average molecular weight is 219 g/mol. The highest BCUT2D eigenvalue weighted by Gasteiger charge is 2.40. The van der Waals surface area contributed by atoms with E-state index in [9.17, 15) is 0 Å². The average Bonchev–Trinajstić information content (AvgIpc) is 3.05. The van der Waals surface area contributed by atoms with Gasteiger partial charge in [0.1, 0.15) is 23.7 Å². The Bertz CT molecular complexity index is 432. The first-order valence-electron chi connectivity index (χ1n) is 5.01. The predicted molar refractivity (Wildman–Crippen MR) is 57.6 cm³/mol. The SMILES string of the molecule is COc1cc(C#N)cc(OCC2(C)CO2)c1. The Morgan fingerprint density at radius 1 is 1.44 bits per heavy atom. The summed E-state index contributed by atoms with van der Waals surface area (Å²) in [5.74, 6) is 1.25. The lowest BCUT2D eigenvalue weighted by atomic mass is 10.2. The molecule has 1 aliphatic heterocycles. The van der Waals surface area contributed by atoms with Gasteiger partial charge in [-0.2, -0.15) is 5.26 Å². The number of hydrogen-bond acceptors (Lipinski definition) is 4. The maximum Gasteiger partial charge on any atom is 0.124 e. The zero-order valence-electron chi connectivity index (χ0n) is 9.32. The van der Waals surface area contributed by atoms with Crippen molar-refractivity contribution in [3.8, 4) is 17.6 Å². The molecule has 0 saturated carbocycles. The molecule has 0 aliphatic carbocycles. The minimum Gasteiger partial charge on any atom is -0.497 e. The van der Waals surface area contributed by atoms with Crippen LogP contribution in [0.3, 0.4) is 0 Å². The zero-order valence-corrected chi connectivity index (χ0v) is 9.32. The van der Waals surface area contributed by atoms with Crippen molar-refractivity contribution in [2.75, 3.05) is 20.3 Å². The molecule has 0 N–H and O–H groups in total. The first-order chi connectivity index (χ1) is 7.65. The van der Waals surface area contributed by atoms with Crippen LogP contribution in [-0.2, 0) is 4.74 Å². The highest BCUT2D eigenvalue weighted by molar-refractivity contribution is 5.43. The van der Waals surface area contributed by atoms with E-state index in [0.717, 1.165) is 6.61 Å². The summed E-state index contributed by atoms with van der Waals surface area (Å²) >= 11 is 0. The van der Waals surface area contributed by atoms with Gasteiger partial charge < -0.3 is 14.2 Å². The molecule has 1 saturated heterocycles. The van der Waals surface area contributed by atoms with Gasteiger partial charge in [-0.05, 0) is 19.1 Å². The summed E-state index contributed by atoms with van der Waals surface area (Å²) in [6, 6.07) is 7.18. The van der Waals surface area contributed by atoms with Crippen molar-refractivity contribution in [3.63, 3.8) is 0 Å². The Kier molecular flexibility index (Phi) is 2.71. The van der Waals surface area contributed by atoms with Crippen LogP contribution in [0.25, 0.3) is 0 Å². The first-order valence-corrected chi connectivity index (χ1v) is 5.01. The highest BCUT2D eigenvalue weighted by Crippen LogP contribution is 2.28. The second-order valence-corrected chi connectivity index (χ2v) is 4.04. The minimum atomic E-state index is -0.157. The molecule has 1 aliphatic rings. The first kappa shape index (κ1) is 10.8. The summed E-state index contributed by atoms with van der Waals surface area (Å²) in [5, 5.41) is 8.84. The molecular formula is C12H13NO3. The molecule has 1 aromatic carbocycles. The maximum absolute atomic E-state index is 8.84. The molecule has 0 spiro atoms. The van der Waals surface area contributed by atoms with Crippen molar-refractivity contribution >= 4 is 0 Å². The smallest absolute Gasteiger partial charge is 0.124 e. The number of benzene rings is 1. The van der Waals surface area contributed by atoms with E-state index in [0.29, 0.717) is 23.7 Å². The van der Waals surface area contributed by atoms with Gasteiger partial charge in [0.15, 0.2) is 0 Å². The molecular weight excluding hydrogens is 206 g/mol. The molecule has 0 amide bonds. The van der Waals surface area contributed by atoms with Crippen LogP contribution in [0, 0.1) is 11.3 Å². The van der Waals surface area contributed by atoms with Crippen LogP contribution in [0.2, 0.25) is 0 Å². The number of nitrogens with zero attached hydrogens (tertiary/aromatic N) is 1. The van der Waals surface area contributed by atoms with Crippen molar-refractivity contribution < 1.29 is 14.2 Å². The topological polar surface area (TPSA) is 54.8 Å². The number of nitriles is 1. The van der Waals surface area contributed by atoms with Crippen LogP contribution < -0.4 is 9.47 Å². The largest absolute Gasteiger partial charge is 0.497 e. The lowest BCUT2D eigenvalue weighted by Gasteiger charge is -2.10. The van der Waals surface area contributed by atoms with Gasteiger partial charge in [-0.1, -0.05) is 0 Å². The molecule has 16 heavy (non-hydrogen) atoms. The van der Waals surface area contributed by atoms with E-state index in [2.05, 4.69) is 6.07 Å². The van der Waals surface area contributed by atoms with E-state index in [1.165, 1.54) is 0 Å². The fourth-order valence-electron chi connectivity index (χ4n) is 1.28. The standard InChI is InChI=1S/C12H13NO3/c1-12(8-16-12)7-15-11-4-9(6-13)3-10(5-11)14-2/h3-5H,7-8H2,1-2H3. The number of ether oxygens (including phenoxy) is 3. The number of hydrogen-bond donors (Lipinski definition) is 0. The van der Waals surface area contributed by atoms with Crippen LogP contribution in [0.15, 0.2) is 18.2 Å². The number of rotatable bonds is 4. The lowest BCUT2D eigenvalue weighted by molar-refractivity contribution is 0.202. The molecule has 4 nitrogen and oxygen atoms in total. The Hall–Kier alpha value is -1.73. The van der Waals surface area contributed by atoms with E-state index in [4.69, 9.17) is 19.5 Å². The molecule has 0 aromatic heterocycles. The fraction of sp³-hybridized carbons (Fsp3) is 0.417. The summed E-state index contributed by atoms with van der Waals surface area (Å²) in [5.41, 5.74) is 0.367. The van der Waals surface area contributed by atoms with Crippen LogP contribution in [0.4, 0.5) is 0 Å². The van der Waals surface area contributed by atoms with Gasteiger partial charge in [0.25, 0.3) is 0 Å². The molecule has 84 valence electrons. The normalized spacial score (nSPS) is 22.3. The molecule has 1 atom stereocenters. The quantitative estimate of drug-likeness (QED) is 0.724. The Morgan fingerprint density at radius 3 is 2.69 bits per heavy atom. The molecule has 1 unspecified atom stereocenters. The van der Waals surface area contributed by atoms with Crippen LogP contribution in [-0.4, -0.2) is 25.9 Å². The Balaban J connectivity index is 2.10. The highest BCUT2D eigenvalue weighted by atomic mass is 16.6. The van der Waals surface area contributed by atoms with Gasteiger partial charge in [-0.25, -0.2) is 0 Å². The molecule has 2 rings (SSSR count). The fourth-order valence-corrected chi connectivity index (χ4v) is 1.28. The third-order valence-corrected chi connectivity index (χ3v) is 2.43. The van der Waals surface area contributed by atoms with E-state index in [1.54, 1.807) is 25.3 Å². The summed E-state index contributed by atoms with van der Waals surface area (Å²) in [6.07, 6.45) is 0. The molecule has 4 heteroatoms. The van der Waals surface area contributed by atoms with E-state index >= 15 is 0 Å². The van der Waals surface area contributed by atoms with Crippen molar-refractivity contribution in [3.05, 3.63) is 23.8 Å². The van der Waals surface area contributed by atoms with E-state index < -0.39 is 0 Å². The molecule has 1 aromatic rings. The Labute approximate surface area is 94.3 Å². The number of methoxy groups -OCH3 is 1. The van der Waals surface area contributed by atoms with Gasteiger partial charge in [-0.15, -0.1) is 0 Å². The van der Waals surface area contributed by atoms with Crippen LogP contribution in [0.5, 0.6) is 11.5 Å². The predicted octanol–water partition coefficient (Wildman–Crippen LogP) is 1.73. The Morgan fingerprint density at radius 2 is 2.12 bits per heavy atom. The van der Waals surface area contributed by atoms with E-state index in [-0.39, 0.29) is 5.60 Å². The monoisotopic (exact) mass is 219 g/mol. The van der Waals surface area contributed by atoms with Gasteiger partial charge in [0.05, 0.1) is 25.3 Å². The summed E-state index contributed by atoms with van der Waals surface area (Å²) in [4.78, 5) is 0. The molecule has 0 radical (unpaired) electrons. The van der Waals surface area contributed by atoms with Crippen molar-refractivity contribution in [2.24, 2.45) is 0 Å². The molecule has 1 heterocycles. The summed E-state index contributed by atoms with van der Waals surface area (Å²) in [7, 11) is 1.56.